The third kappa shape index (κ3) is 4.78. The highest BCUT2D eigenvalue weighted by Gasteiger charge is 2.31. The maximum atomic E-state index is 12.9. The lowest BCUT2D eigenvalue weighted by Gasteiger charge is -2.33. The minimum absolute atomic E-state index is 0.00457. The van der Waals surface area contributed by atoms with E-state index in [1.54, 1.807) is 12.1 Å². The maximum absolute atomic E-state index is 12.9. The first-order valence-corrected chi connectivity index (χ1v) is 10.6. The zero-order valence-electron chi connectivity index (χ0n) is 17.1. The summed E-state index contributed by atoms with van der Waals surface area (Å²) in [6, 6.07) is 5.40. The van der Waals surface area contributed by atoms with E-state index in [9.17, 15) is 9.59 Å². The van der Waals surface area contributed by atoms with Crippen molar-refractivity contribution in [2.24, 2.45) is 5.92 Å². The van der Waals surface area contributed by atoms with Crippen LogP contribution in [0.1, 0.15) is 56.3 Å². The van der Waals surface area contributed by atoms with Crippen molar-refractivity contribution >= 4 is 11.8 Å². The van der Waals surface area contributed by atoms with E-state index in [1.165, 1.54) is 0 Å². The quantitative estimate of drug-likeness (QED) is 0.719. The molecule has 0 radical (unpaired) electrons. The molecule has 0 N–H and O–H groups in total. The monoisotopic (exact) mass is 388 g/mol. The summed E-state index contributed by atoms with van der Waals surface area (Å²) < 4.78 is 11.4. The number of benzene rings is 1. The van der Waals surface area contributed by atoms with Gasteiger partial charge in [0, 0.05) is 37.7 Å². The molecule has 2 aliphatic rings. The summed E-state index contributed by atoms with van der Waals surface area (Å²) in [5.41, 5.74) is 0.608. The fourth-order valence-electron chi connectivity index (χ4n) is 3.95. The van der Waals surface area contributed by atoms with Crippen LogP contribution in [-0.4, -0.2) is 61.0 Å². The van der Waals surface area contributed by atoms with Crippen molar-refractivity contribution in [2.75, 3.05) is 39.4 Å². The Morgan fingerprint density at radius 3 is 2.32 bits per heavy atom. The van der Waals surface area contributed by atoms with Crippen LogP contribution in [0.3, 0.4) is 0 Å². The lowest BCUT2D eigenvalue weighted by molar-refractivity contribution is -0.135. The van der Waals surface area contributed by atoms with E-state index < -0.39 is 0 Å². The molecule has 2 amide bonds. The highest BCUT2D eigenvalue weighted by Crippen LogP contribution is 2.30. The van der Waals surface area contributed by atoms with Crippen molar-refractivity contribution in [3.8, 4) is 11.5 Å². The molecule has 2 heterocycles. The normalized spacial score (nSPS) is 17.6. The SMILES string of the molecule is CCCOc1ccc(C(=O)N2CCC(C(=O)N3CCCC3)CC2)cc1OCC. The van der Waals surface area contributed by atoms with E-state index in [2.05, 4.69) is 6.92 Å². The van der Waals surface area contributed by atoms with E-state index in [0.717, 1.165) is 45.2 Å². The number of ether oxygens (including phenoxy) is 2. The van der Waals surface area contributed by atoms with Crippen LogP contribution in [-0.2, 0) is 4.79 Å². The highest BCUT2D eigenvalue weighted by molar-refractivity contribution is 5.95. The van der Waals surface area contributed by atoms with Gasteiger partial charge >= 0.3 is 0 Å². The number of rotatable bonds is 7. The van der Waals surface area contributed by atoms with Gasteiger partial charge in [-0.05, 0) is 57.2 Å². The first kappa shape index (κ1) is 20.5. The second-order valence-corrected chi connectivity index (χ2v) is 7.54. The second kappa shape index (κ2) is 9.80. The van der Waals surface area contributed by atoms with E-state index in [0.29, 0.717) is 43.4 Å². The molecule has 1 aromatic rings. The predicted octanol–water partition coefficient (Wildman–Crippen LogP) is 3.35. The molecule has 154 valence electrons. The van der Waals surface area contributed by atoms with Crippen molar-refractivity contribution < 1.29 is 19.1 Å². The van der Waals surface area contributed by atoms with Gasteiger partial charge in [-0.15, -0.1) is 0 Å². The molecule has 2 saturated heterocycles. The van der Waals surface area contributed by atoms with Gasteiger partial charge in [-0.1, -0.05) is 6.92 Å². The van der Waals surface area contributed by atoms with Crippen LogP contribution in [0.5, 0.6) is 11.5 Å². The van der Waals surface area contributed by atoms with E-state index in [4.69, 9.17) is 9.47 Å². The minimum atomic E-state index is -0.00457. The van der Waals surface area contributed by atoms with Crippen LogP contribution in [0, 0.1) is 5.92 Å². The zero-order chi connectivity index (χ0) is 19.9. The lowest BCUT2D eigenvalue weighted by atomic mass is 9.95. The molecule has 2 aliphatic heterocycles. The van der Waals surface area contributed by atoms with Gasteiger partial charge in [0.15, 0.2) is 11.5 Å². The molecule has 3 rings (SSSR count). The van der Waals surface area contributed by atoms with E-state index >= 15 is 0 Å². The first-order valence-electron chi connectivity index (χ1n) is 10.6. The Morgan fingerprint density at radius 1 is 0.964 bits per heavy atom. The molecule has 0 aliphatic carbocycles. The third-order valence-electron chi connectivity index (χ3n) is 5.50. The van der Waals surface area contributed by atoms with Gasteiger partial charge in [0.05, 0.1) is 13.2 Å². The number of hydrogen-bond acceptors (Lipinski definition) is 4. The Balaban J connectivity index is 1.61. The van der Waals surface area contributed by atoms with Crippen molar-refractivity contribution in [2.45, 2.75) is 46.0 Å². The van der Waals surface area contributed by atoms with Crippen molar-refractivity contribution in [1.29, 1.82) is 0 Å². The molecule has 0 atom stereocenters. The number of carbonyl (C=O) groups excluding carboxylic acids is 2. The Bertz CT molecular complexity index is 677. The first-order chi connectivity index (χ1) is 13.6. The topological polar surface area (TPSA) is 59.1 Å². The molecule has 0 spiro atoms. The van der Waals surface area contributed by atoms with Crippen LogP contribution < -0.4 is 9.47 Å². The summed E-state index contributed by atoms with van der Waals surface area (Å²) in [4.78, 5) is 29.4. The van der Waals surface area contributed by atoms with Crippen LogP contribution >= 0.6 is 0 Å². The van der Waals surface area contributed by atoms with Gasteiger partial charge in [0.1, 0.15) is 0 Å². The van der Waals surface area contributed by atoms with Gasteiger partial charge in [0.25, 0.3) is 5.91 Å². The molecular formula is C22H32N2O4. The van der Waals surface area contributed by atoms with Gasteiger partial charge in [0.2, 0.25) is 5.91 Å². The number of hydrogen-bond donors (Lipinski definition) is 0. The predicted molar refractivity (Wildman–Crippen MR) is 108 cm³/mol. The molecule has 6 nitrogen and oxygen atoms in total. The van der Waals surface area contributed by atoms with Crippen LogP contribution in [0.4, 0.5) is 0 Å². The van der Waals surface area contributed by atoms with Crippen LogP contribution in [0.25, 0.3) is 0 Å². The van der Waals surface area contributed by atoms with Gasteiger partial charge < -0.3 is 19.3 Å². The van der Waals surface area contributed by atoms with Crippen molar-refractivity contribution in [1.82, 2.24) is 9.80 Å². The summed E-state index contributed by atoms with van der Waals surface area (Å²) in [7, 11) is 0. The summed E-state index contributed by atoms with van der Waals surface area (Å²) in [5, 5.41) is 0. The molecule has 1 aromatic carbocycles. The minimum Gasteiger partial charge on any atom is -0.490 e. The van der Waals surface area contributed by atoms with Crippen molar-refractivity contribution in [3.63, 3.8) is 0 Å². The fraction of sp³-hybridized carbons (Fsp3) is 0.636. The van der Waals surface area contributed by atoms with Crippen LogP contribution in [0.2, 0.25) is 0 Å². The average Bonchev–Trinajstić information content (AvgIpc) is 3.27. The highest BCUT2D eigenvalue weighted by atomic mass is 16.5. The standard InChI is InChI=1S/C22H32N2O4/c1-3-15-28-19-8-7-18(16-20(19)27-4-2)22(26)24-13-9-17(10-14-24)21(25)23-11-5-6-12-23/h7-8,16-17H,3-6,9-15H2,1-2H3. The second-order valence-electron chi connectivity index (χ2n) is 7.54. The summed E-state index contributed by atoms with van der Waals surface area (Å²) in [6.07, 6.45) is 4.64. The largest absolute Gasteiger partial charge is 0.490 e. The molecule has 0 unspecified atom stereocenters. The summed E-state index contributed by atoms with van der Waals surface area (Å²) in [6.45, 7) is 8.14. The van der Waals surface area contributed by atoms with E-state index in [-0.39, 0.29) is 17.7 Å². The number of amides is 2. The number of nitrogens with zero attached hydrogens (tertiary/aromatic N) is 2. The summed E-state index contributed by atoms with van der Waals surface area (Å²) >= 11 is 0. The van der Waals surface area contributed by atoms with E-state index in [1.807, 2.05) is 22.8 Å². The maximum Gasteiger partial charge on any atom is 0.253 e. The molecule has 0 bridgehead atoms. The molecule has 28 heavy (non-hydrogen) atoms. The van der Waals surface area contributed by atoms with Crippen molar-refractivity contribution in [3.05, 3.63) is 23.8 Å². The molecule has 0 saturated carbocycles. The molecule has 2 fully saturated rings. The Kier molecular flexibility index (Phi) is 7.18. The third-order valence-corrected chi connectivity index (χ3v) is 5.50. The fourth-order valence-corrected chi connectivity index (χ4v) is 3.95. The Morgan fingerprint density at radius 2 is 1.68 bits per heavy atom. The number of piperidine rings is 1. The molecule has 0 aromatic heterocycles. The average molecular weight is 389 g/mol. The number of likely N-dealkylation sites (tertiary alicyclic amines) is 2. The lowest BCUT2D eigenvalue weighted by Crippen LogP contribution is -2.43. The Labute approximate surface area is 167 Å². The zero-order valence-corrected chi connectivity index (χ0v) is 17.1. The van der Waals surface area contributed by atoms with Gasteiger partial charge in [-0.25, -0.2) is 0 Å². The smallest absolute Gasteiger partial charge is 0.253 e. The molecular weight excluding hydrogens is 356 g/mol. The van der Waals surface area contributed by atoms with Gasteiger partial charge in [-0.2, -0.15) is 0 Å². The summed E-state index contributed by atoms with van der Waals surface area (Å²) in [5.74, 6) is 1.62. The van der Waals surface area contributed by atoms with Crippen LogP contribution in [0.15, 0.2) is 18.2 Å². The molecule has 6 heteroatoms. The Hall–Kier alpha value is -2.24. The van der Waals surface area contributed by atoms with Gasteiger partial charge in [-0.3, -0.25) is 9.59 Å². The number of carbonyl (C=O) groups is 2.